The number of hydrogen-bond donors (Lipinski definition) is 5. The van der Waals surface area contributed by atoms with Crippen molar-refractivity contribution in [3.8, 4) is 16.9 Å². The highest BCUT2D eigenvalue weighted by Gasteiger charge is 2.31. The second kappa shape index (κ2) is 9.07. The van der Waals surface area contributed by atoms with Gasteiger partial charge in [-0.15, -0.1) is 0 Å². The van der Waals surface area contributed by atoms with Gasteiger partial charge in [-0.1, -0.05) is 36.4 Å². The number of nitrogens with one attached hydrogen (secondary N) is 3. The van der Waals surface area contributed by atoms with Crippen molar-refractivity contribution in [2.75, 3.05) is 15.8 Å². The van der Waals surface area contributed by atoms with Crippen molar-refractivity contribution in [2.45, 2.75) is 20.8 Å². The van der Waals surface area contributed by atoms with Gasteiger partial charge in [-0.25, -0.2) is 0 Å². The van der Waals surface area contributed by atoms with E-state index in [-0.39, 0.29) is 23.3 Å². The van der Waals surface area contributed by atoms with Gasteiger partial charge in [0.2, 0.25) is 0 Å². The number of phenolic OH excluding ortho intramolecular Hbond substituents is 1. The zero-order valence-electron chi connectivity index (χ0n) is 19.0. The Labute approximate surface area is 197 Å². The number of aryl methyl sites for hydroxylation is 2. The summed E-state index contributed by atoms with van der Waals surface area (Å²) in [6, 6.07) is 17.8. The minimum atomic E-state index is -0.366. The molecule has 0 aromatic heterocycles. The standard InChI is InChI=1S/C25H25N7O2/c1-14-11-12-17(13-15(14)2)32-24(34)22(16(3)31-32)29-30-23-19(18-7-4-5-10-21(18)33)8-6-9-20(23)28-25(26)27/h4-13,30,33H,1-3H3,(H4,26,27,28). The minimum Gasteiger partial charge on any atom is -0.507 e. The normalized spacial score (nSPS) is 14.3. The lowest BCUT2D eigenvalue weighted by Crippen LogP contribution is -2.28. The Bertz CT molecular complexity index is 1360. The van der Waals surface area contributed by atoms with Crippen LogP contribution in [0.3, 0.4) is 0 Å². The van der Waals surface area contributed by atoms with Crippen LogP contribution in [0.25, 0.3) is 11.1 Å². The molecule has 0 radical (unpaired) electrons. The van der Waals surface area contributed by atoms with Crippen molar-refractivity contribution >= 4 is 40.4 Å². The number of aromatic hydroxyl groups is 1. The topological polar surface area (TPSA) is 139 Å². The number of carbonyl (C=O) groups is 1. The van der Waals surface area contributed by atoms with Gasteiger partial charge in [0.05, 0.1) is 22.8 Å². The lowest BCUT2D eigenvalue weighted by atomic mass is 10.0. The Balaban J connectivity index is 1.72. The molecule has 0 unspecified atom stereocenters. The van der Waals surface area contributed by atoms with Gasteiger partial charge < -0.3 is 16.2 Å². The first-order valence-corrected chi connectivity index (χ1v) is 10.6. The molecule has 1 aliphatic rings. The summed E-state index contributed by atoms with van der Waals surface area (Å²) in [7, 11) is 0. The van der Waals surface area contributed by atoms with Crippen LogP contribution in [-0.4, -0.2) is 28.4 Å². The molecule has 9 heteroatoms. The van der Waals surface area contributed by atoms with E-state index in [4.69, 9.17) is 11.1 Å². The van der Waals surface area contributed by atoms with Crippen LogP contribution in [0.1, 0.15) is 18.1 Å². The summed E-state index contributed by atoms with van der Waals surface area (Å²) in [5.74, 6) is -0.552. The minimum absolute atomic E-state index is 0.0776. The van der Waals surface area contributed by atoms with E-state index in [1.165, 1.54) is 5.01 Å². The smallest absolute Gasteiger partial charge is 0.301 e. The van der Waals surface area contributed by atoms with E-state index in [0.29, 0.717) is 33.9 Å². The third-order valence-electron chi connectivity index (χ3n) is 5.53. The van der Waals surface area contributed by atoms with Crippen LogP contribution in [0, 0.1) is 19.3 Å². The molecule has 0 saturated carbocycles. The summed E-state index contributed by atoms with van der Waals surface area (Å²) in [5.41, 5.74) is 14.0. The number of para-hydroxylation sites is 2. The SMILES string of the molecule is CC1=NN(c2ccc(C)c(C)c2)C(=O)C1=NNc1c(NC(=N)N)cccc1-c1ccccc1O. The van der Waals surface area contributed by atoms with Crippen LogP contribution in [0.4, 0.5) is 17.1 Å². The van der Waals surface area contributed by atoms with E-state index in [2.05, 4.69) is 20.9 Å². The zero-order valence-corrected chi connectivity index (χ0v) is 19.0. The molecule has 3 aromatic carbocycles. The van der Waals surface area contributed by atoms with Crippen LogP contribution in [0.5, 0.6) is 5.75 Å². The van der Waals surface area contributed by atoms with E-state index in [1.54, 1.807) is 49.4 Å². The lowest BCUT2D eigenvalue weighted by Gasteiger charge is -2.16. The van der Waals surface area contributed by atoms with Crippen molar-refractivity contribution in [3.63, 3.8) is 0 Å². The third kappa shape index (κ3) is 4.31. The number of nitrogens with zero attached hydrogens (tertiary/aromatic N) is 3. The average molecular weight is 456 g/mol. The average Bonchev–Trinajstić information content (AvgIpc) is 3.08. The summed E-state index contributed by atoms with van der Waals surface area (Å²) >= 11 is 0. The number of phenols is 1. The molecule has 0 bridgehead atoms. The summed E-state index contributed by atoms with van der Waals surface area (Å²) in [4.78, 5) is 13.1. The highest BCUT2D eigenvalue weighted by molar-refractivity contribution is 6.71. The van der Waals surface area contributed by atoms with Gasteiger partial charge in [-0.05, 0) is 56.2 Å². The molecule has 0 atom stereocenters. The van der Waals surface area contributed by atoms with Crippen LogP contribution in [0.2, 0.25) is 0 Å². The fourth-order valence-electron chi connectivity index (χ4n) is 3.62. The van der Waals surface area contributed by atoms with Crippen LogP contribution in [0.15, 0.2) is 70.9 Å². The Morgan fingerprint density at radius 2 is 1.76 bits per heavy atom. The Kier molecular flexibility index (Phi) is 6.01. The maximum Gasteiger partial charge on any atom is 0.301 e. The maximum absolute atomic E-state index is 13.1. The number of benzene rings is 3. The lowest BCUT2D eigenvalue weighted by molar-refractivity contribution is -0.112. The van der Waals surface area contributed by atoms with Crippen molar-refractivity contribution in [2.24, 2.45) is 15.9 Å². The molecule has 1 amide bonds. The van der Waals surface area contributed by atoms with Gasteiger partial charge >= 0.3 is 5.91 Å². The number of rotatable bonds is 5. The molecule has 0 saturated heterocycles. The van der Waals surface area contributed by atoms with Crippen molar-refractivity contribution in [1.82, 2.24) is 0 Å². The number of anilines is 3. The molecule has 6 N–H and O–H groups in total. The molecule has 34 heavy (non-hydrogen) atoms. The molecule has 1 aliphatic heterocycles. The number of hydrazone groups is 2. The molecule has 4 rings (SSSR count). The summed E-state index contributed by atoms with van der Waals surface area (Å²) in [6.07, 6.45) is 0. The molecule has 0 aliphatic carbocycles. The van der Waals surface area contributed by atoms with Gasteiger partial charge in [0.1, 0.15) is 5.75 Å². The molecule has 3 aromatic rings. The van der Waals surface area contributed by atoms with Crippen LogP contribution >= 0.6 is 0 Å². The number of hydrogen-bond acceptors (Lipinski definition) is 6. The molecule has 1 heterocycles. The van der Waals surface area contributed by atoms with E-state index in [0.717, 1.165) is 11.1 Å². The number of guanidine groups is 1. The number of nitrogens with two attached hydrogens (primary N) is 1. The Morgan fingerprint density at radius 3 is 2.47 bits per heavy atom. The highest BCUT2D eigenvalue weighted by atomic mass is 16.3. The number of carbonyl (C=O) groups excluding carboxylic acids is 1. The quantitative estimate of drug-likeness (QED) is 0.223. The fourth-order valence-corrected chi connectivity index (χ4v) is 3.62. The molecular formula is C25H25N7O2. The Hall–Kier alpha value is -4.66. The van der Waals surface area contributed by atoms with Gasteiger partial charge in [0, 0.05) is 11.1 Å². The number of amides is 1. The molecule has 9 nitrogen and oxygen atoms in total. The maximum atomic E-state index is 13.1. The molecular weight excluding hydrogens is 430 g/mol. The second-order valence-corrected chi connectivity index (χ2v) is 7.93. The van der Waals surface area contributed by atoms with E-state index in [1.807, 2.05) is 32.0 Å². The van der Waals surface area contributed by atoms with Crippen molar-refractivity contribution < 1.29 is 9.90 Å². The summed E-state index contributed by atoms with van der Waals surface area (Å²) < 4.78 is 0. The second-order valence-electron chi connectivity index (χ2n) is 7.93. The van der Waals surface area contributed by atoms with E-state index < -0.39 is 0 Å². The Morgan fingerprint density at radius 1 is 1.03 bits per heavy atom. The van der Waals surface area contributed by atoms with Gasteiger partial charge in [0.25, 0.3) is 0 Å². The third-order valence-corrected chi connectivity index (χ3v) is 5.53. The van der Waals surface area contributed by atoms with Gasteiger partial charge in [0.15, 0.2) is 11.7 Å². The molecule has 0 spiro atoms. The zero-order chi connectivity index (χ0) is 24.4. The van der Waals surface area contributed by atoms with Crippen molar-refractivity contribution in [3.05, 3.63) is 71.8 Å². The molecule has 0 fully saturated rings. The summed E-state index contributed by atoms with van der Waals surface area (Å²) in [5, 5.41) is 30.9. The predicted octanol–water partition coefficient (Wildman–Crippen LogP) is 4.17. The van der Waals surface area contributed by atoms with E-state index in [9.17, 15) is 9.90 Å². The van der Waals surface area contributed by atoms with Crippen LogP contribution in [-0.2, 0) is 4.79 Å². The monoisotopic (exact) mass is 455 g/mol. The largest absolute Gasteiger partial charge is 0.507 e. The fraction of sp³-hybridized carbons (Fsp3) is 0.120. The predicted molar refractivity (Wildman–Crippen MR) is 137 cm³/mol. The molecule has 172 valence electrons. The van der Waals surface area contributed by atoms with Gasteiger partial charge in [-0.3, -0.25) is 15.6 Å². The first-order chi connectivity index (χ1) is 16.3. The summed E-state index contributed by atoms with van der Waals surface area (Å²) in [6.45, 7) is 5.69. The highest BCUT2D eigenvalue weighted by Crippen LogP contribution is 2.38. The van der Waals surface area contributed by atoms with Crippen molar-refractivity contribution in [1.29, 1.82) is 5.41 Å². The van der Waals surface area contributed by atoms with E-state index >= 15 is 0 Å². The first-order valence-electron chi connectivity index (χ1n) is 10.6. The van der Waals surface area contributed by atoms with Gasteiger partial charge in [-0.2, -0.15) is 15.2 Å². The first kappa shape index (κ1) is 22.5. The van der Waals surface area contributed by atoms with Crippen LogP contribution < -0.4 is 21.5 Å².